The van der Waals surface area contributed by atoms with Gasteiger partial charge < -0.3 is 5.32 Å². The molecule has 1 N–H and O–H groups in total. The summed E-state index contributed by atoms with van der Waals surface area (Å²) in [6, 6.07) is -0.110. The van der Waals surface area contributed by atoms with Crippen LogP contribution in [0.4, 0.5) is 4.79 Å². The third kappa shape index (κ3) is 8.70. The van der Waals surface area contributed by atoms with Gasteiger partial charge in [-0.05, 0) is 63.5 Å². The van der Waals surface area contributed by atoms with Gasteiger partial charge in [0.1, 0.15) is 5.54 Å². The normalized spacial score (nSPS) is 22.5. The Morgan fingerprint density at radius 2 is 1.11 bits per heavy atom. The molecular weight excluding hydrogens is 458 g/mol. The second-order valence-electron chi connectivity index (χ2n) is 12.5. The SMILES string of the molecule is CCCCCCN(CCCCCC)CN1C(=O)NC(C2CCCCCCC2)(C2CCCCCCC2)C1=O. The highest BCUT2D eigenvalue weighted by molar-refractivity contribution is 6.07. The van der Waals surface area contributed by atoms with E-state index in [1.165, 1.54) is 103 Å². The van der Waals surface area contributed by atoms with Gasteiger partial charge in [0.15, 0.2) is 0 Å². The van der Waals surface area contributed by atoms with Crippen molar-refractivity contribution in [2.75, 3.05) is 19.8 Å². The Kier molecular flexibility index (Phi) is 13.8. The van der Waals surface area contributed by atoms with Crippen LogP contribution in [0.25, 0.3) is 0 Å². The molecule has 3 rings (SSSR count). The summed E-state index contributed by atoms with van der Waals surface area (Å²) in [5, 5.41) is 3.47. The van der Waals surface area contributed by atoms with Gasteiger partial charge in [0, 0.05) is 0 Å². The Bertz CT molecular complexity index is 616. The second kappa shape index (κ2) is 16.8. The molecule has 3 amide bonds. The summed E-state index contributed by atoms with van der Waals surface area (Å²) in [6.45, 7) is 6.96. The monoisotopic (exact) mass is 517 g/mol. The summed E-state index contributed by atoms with van der Waals surface area (Å²) in [4.78, 5) is 32.2. The average Bonchev–Trinajstić information content (AvgIpc) is 3.09. The van der Waals surface area contributed by atoms with Gasteiger partial charge in [-0.2, -0.15) is 0 Å². The smallest absolute Gasteiger partial charge is 0.322 e. The van der Waals surface area contributed by atoms with E-state index in [1.54, 1.807) is 4.90 Å². The van der Waals surface area contributed by atoms with E-state index in [9.17, 15) is 9.59 Å². The predicted octanol–water partition coefficient (Wildman–Crippen LogP) is 8.42. The minimum Gasteiger partial charge on any atom is -0.322 e. The lowest BCUT2D eigenvalue weighted by Gasteiger charge is -2.43. The van der Waals surface area contributed by atoms with Crippen molar-refractivity contribution in [1.29, 1.82) is 0 Å². The topological polar surface area (TPSA) is 52.6 Å². The number of amides is 3. The van der Waals surface area contributed by atoms with E-state index in [4.69, 9.17) is 0 Å². The highest BCUT2D eigenvalue weighted by Crippen LogP contribution is 2.44. The Labute approximate surface area is 228 Å². The van der Waals surface area contributed by atoms with Crippen molar-refractivity contribution in [3.63, 3.8) is 0 Å². The van der Waals surface area contributed by atoms with E-state index in [-0.39, 0.29) is 11.9 Å². The van der Waals surface area contributed by atoms with Gasteiger partial charge in [-0.1, -0.05) is 117 Å². The van der Waals surface area contributed by atoms with Crippen LogP contribution in [-0.4, -0.2) is 47.0 Å². The number of nitrogens with zero attached hydrogens (tertiary/aromatic N) is 2. The Morgan fingerprint density at radius 3 is 1.54 bits per heavy atom. The zero-order chi connectivity index (χ0) is 26.3. The van der Waals surface area contributed by atoms with Crippen LogP contribution in [-0.2, 0) is 4.79 Å². The number of hydrogen-bond acceptors (Lipinski definition) is 3. The lowest BCUT2D eigenvalue weighted by molar-refractivity contribution is -0.138. The molecule has 0 aromatic heterocycles. The molecule has 0 bridgehead atoms. The van der Waals surface area contributed by atoms with E-state index in [1.807, 2.05) is 0 Å². The molecule has 5 heteroatoms. The molecular formula is C32H59N3O2. The van der Waals surface area contributed by atoms with Gasteiger partial charge in [0.25, 0.3) is 5.91 Å². The van der Waals surface area contributed by atoms with Gasteiger partial charge >= 0.3 is 6.03 Å². The maximum Gasteiger partial charge on any atom is 0.326 e. The van der Waals surface area contributed by atoms with Crippen LogP contribution < -0.4 is 5.32 Å². The fourth-order valence-electron chi connectivity index (χ4n) is 7.43. The molecule has 214 valence electrons. The largest absolute Gasteiger partial charge is 0.326 e. The van der Waals surface area contributed by atoms with E-state index in [0.29, 0.717) is 18.5 Å². The predicted molar refractivity (Wildman–Crippen MR) is 154 cm³/mol. The molecule has 2 aliphatic carbocycles. The highest BCUT2D eigenvalue weighted by Gasteiger charge is 2.59. The molecule has 0 radical (unpaired) electrons. The van der Waals surface area contributed by atoms with Crippen molar-refractivity contribution in [3.8, 4) is 0 Å². The van der Waals surface area contributed by atoms with Gasteiger partial charge in [-0.15, -0.1) is 0 Å². The Hall–Kier alpha value is -1.10. The molecule has 3 aliphatic rings. The number of unbranched alkanes of at least 4 members (excludes halogenated alkanes) is 6. The van der Waals surface area contributed by atoms with E-state index in [0.717, 1.165) is 51.6 Å². The number of hydrogen-bond donors (Lipinski definition) is 1. The number of nitrogens with one attached hydrogen (secondary N) is 1. The van der Waals surface area contributed by atoms with Crippen molar-refractivity contribution < 1.29 is 9.59 Å². The van der Waals surface area contributed by atoms with Gasteiger partial charge in [-0.3, -0.25) is 9.69 Å². The van der Waals surface area contributed by atoms with Gasteiger partial charge in [-0.25, -0.2) is 9.69 Å². The first-order chi connectivity index (χ1) is 18.1. The Balaban J connectivity index is 1.79. The maximum atomic E-state index is 14.5. The fourth-order valence-corrected chi connectivity index (χ4v) is 7.43. The molecule has 5 nitrogen and oxygen atoms in total. The summed E-state index contributed by atoms with van der Waals surface area (Å²) in [6.07, 6.45) is 26.6. The highest BCUT2D eigenvalue weighted by atomic mass is 16.2. The van der Waals surface area contributed by atoms with Crippen molar-refractivity contribution in [2.45, 2.75) is 161 Å². The first-order valence-electron chi connectivity index (χ1n) is 16.5. The first-order valence-corrected chi connectivity index (χ1v) is 16.5. The molecule has 1 aliphatic heterocycles. The molecule has 1 heterocycles. The fraction of sp³-hybridized carbons (Fsp3) is 0.938. The number of urea groups is 1. The molecule has 1 saturated heterocycles. The molecule has 2 saturated carbocycles. The average molecular weight is 518 g/mol. The lowest BCUT2D eigenvalue weighted by atomic mass is 9.65. The third-order valence-corrected chi connectivity index (χ3v) is 9.65. The quantitative estimate of drug-likeness (QED) is 0.186. The molecule has 0 aromatic carbocycles. The minimum atomic E-state index is -0.665. The maximum absolute atomic E-state index is 14.5. The first kappa shape index (κ1) is 30.4. The number of carbonyl (C=O) groups is 2. The molecule has 37 heavy (non-hydrogen) atoms. The zero-order valence-electron chi connectivity index (χ0n) is 24.5. The van der Waals surface area contributed by atoms with Crippen LogP contribution in [0.1, 0.15) is 155 Å². The molecule has 0 spiro atoms. The molecule has 0 atom stereocenters. The van der Waals surface area contributed by atoms with E-state index >= 15 is 0 Å². The molecule has 0 unspecified atom stereocenters. The molecule has 3 fully saturated rings. The third-order valence-electron chi connectivity index (χ3n) is 9.65. The van der Waals surface area contributed by atoms with Crippen LogP contribution in [0.15, 0.2) is 0 Å². The lowest BCUT2D eigenvalue weighted by Crippen LogP contribution is -2.59. The Morgan fingerprint density at radius 1 is 0.676 bits per heavy atom. The van der Waals surface area contributed by atoms with E-state index in [2.05, 4.69) is 24.1 Å². The van der Waals surface area contributed by atoms with Crippen molar-refractivity contribution in [3.05, 3.63) is 0 Å². The second-order valence-corrected chi connectivity index (χ2v) is 12.5. The minimum absolute atomic E-state index is 0.110. The van der Waals surface area contributed by atoms with Gasteiger partial charge in [0.05, 0.1) is 6.67 Å². The van der Waals surface area contributed by atoms with Crippen LogP contribution in [0.5, 0.6) is 0 Å². The summed E-state index contributed by atoms with van der Waals surface area (Å²) in [7, 11) is 0. The van der Waals surface area contributed by atoms with Crippen LogP contribution >= 0.6 is 0 Å². The van der Waals surface area contributed by atoms with Crippen molar-refractivity contribution in [2.24, 2.45) is 11.8 Å². The van der Waals surface area contributed by atoms with Crippen LogP contribution in [0.3, 0.4) is 0 Å². The summed E-state index contributed by atoms with van der Waals surface area (Å²) >= 11 is 0. The number of carbonyl (C=O) groups excluding carboxylic acids is 2. The molecule has 0 aromatic rings. The summed E-state index contributed by atoms with van der Waals surface area (Å²) < 4.78 is 0. The van der Waals surface area contributed by atoms with Crippen molar-refractivity contribution in [1.82, 2.24) is 15.1 Å². The standard InChI is InChI=1S/C32H59N3O2/c1-3-5-7-19-25-34(26-20-8-6-4-2)27-35-30(36)32(33-31(35)37,28-21-15-11-9-12-16-22-28)29-23-17-13-10-14-18-24-29/h28-29H,3-27H2,1-2H3,(H,33,37). The number of imide groups is 1. The van der Waals surface area contributed by atoms with Crippen molar-refractivity contribution >= 4 is 11.9 Å². The van der Waals surface area contributed by atoms with E-state index < -0.39 is 5.54 Å². The summed E-state index contributed by atoms with van der Waals surface area (Å²) in [5.41, 5.74) is -0.665. The van der Waals surface area contributed by atoms with Crippen LogP contribution in [0, 0.1) is 11.8 Å². The number of rotatable bonds is 14. The van der Waals surface area contributed by atoms with Gasteiger partial charge in [0.2, 0.25) is 0 Å². The zero-order valence-corrected chi connectivity index (χ0v) is 24.5. The van der Waals surface area contributed by atoms with Crippen LogP contribution in [0.2, 0.25) is 0 Å². The summed E-state index contributed by atoms with van der Waals surface area (Å²) in [5.74, 6) is 0.711.